The van der Waals surface area contributed by atoms with Crippen LogP contribution in [0.15, 0.2) is 59.7 Å². The van der Waals surface area contributed by atoms with Gasteiger partial charge < -0.3 is 5.32 Å². The van der Waals surface area contributed by atoms with E-state index in [9.17, 15) is 14.0 Å². The van der Waals surface area contributed by atoms with Crippen LogP contribution in [0.5, 0.6) is 0 Å². The van der Waals surface area contributed by atoms with Crippen molar-refractivity contribution in [2.45, 2.75) is 20.4 Å². The zero-order valence-electron chi connectivity index (χ0n) is 15.9. The van der Waals surface area contributed by atoms with Crippen molar-refractivity contribution in [3.8, 4) is 5.69 Å². The maximum absolute atomic E-state index is 13.3. The Morgan fingerprint density at radius 1 is 1.14 bits per heavy atom. The predicted octanol–water partition coefficient (Wildman–Crippen LogP) is 2.98. The van der Waals surface area contributed by atoms with Gasteiger partial charge in [-0.15, -0.1) is 0 Å². The average Bonchev–Trinajstić information content (AvgIpc) is 2.99. The standard InChI is InChI=1S/C21H18FN5O2/c1-13-20(14(2)27(25-13)16-6-4-3-5-7-16)24-19(28)11-26-12-23-18-10-15(22)8-9-17(18)21(26)29/h3-10,12H,11H2,1-2H3,(H,24,28). The van der Waals surface area contributed by atoms with Gasteiger partial charge >= 0.3 is 0 Å². The van der Waals surface area contributed by atoms with Crippen molar-refractivity contribution >= 4 is 22.5 Å². The number of nitrogens with zero attached hydrogens (tertiary/aromatic N) is 4. The summed E-state index contributed by atoms with van der Waals surface area (Å²) < 4.78 is 16.3. The van der Waals surface area contributed by atoms with Gasteiger partial charge in [0.05, 0.1) is 40.0 Å². The fourth-order valence-corrected chi connectivity index (χ4v) is 3.22. The maximum Gasteiger partial charge on any atom is 0.261 e. The van der Waals surface area contributed by atoms with Gasteiger partial charge in [-0.05, 0) is 38.1 Å². The normalized spacial score (nSPS) is 11.0. The minimum absolute atomic E-state index is 0.214. The van der Waals surface area contributed by atoms with Crippen LogP contribution in [0.25, 0.3) is 16.6 Å². The lowest BCUT2D eigenvalue weighted by atomic mass is 10.2. The SMILES string of the molecule is Cc1nn(-c2ccccc2)c(C)c1NC(=O)Cn1cnc2cc(F)ccc2c1=O. The minimum atomic E-state index is -0.471. The number of hydrogen-bond acceptors (Lipinski definition) is 4. The molecule has 0 saturated carbocycles. The molecule has 0 aliphatic carbocycles. The van der Waals surface area contributed by atoms with Crippen LogP contribution in [0.4, 0.5) is 10.1 Å². The lowest BCUT2D eigenvalue weighted by Crippen LogP contribution is -2.28. The number of amides is 1. The fraction of sp³-hybridized carbons (Fsp3) is 0.143. The Bertz CT molecular complexity index is 1280. The summed E-state index contributed by atoms with van der Waals surface area (Å²) in [6.45, 7) is 3.45. The number of carbonyl (C=O) groups is 1. The highest BCUT2D eigenvalue weighted by Crippen LogP contribution is 2.22. The van der Waals surface area contributed by atoms with Crippen LogP contribution in [-0.2, 0) is 11.3 Å². The highest BCUT2D eigenvalue weighted by Gasteiger charge is 2.16. The molecule has 4 aromatic rings. The molecule has 8 heteroatoms. The summed E-state index contributed by atoms with van der Waals surface area (Å²) in [5.41, 5.74) is 2.78. The number of carbonyl (C=O) groups excluding carboxylic acids is 1. The molecule has 0 saturated heterocycles. The smallest absolute Gasteiger partial charge is 0.261 e. The van der Waals surface area contributed by atoms with E-state index in [1.54, 1.807) is 11.6 Å². The Morgan fingerprint density at radius 3 is 2.66 bits per heavy atom. The maximum atomic E-state index is 13.3. The average molecular weight is 391 g/mol. The molecule has 2 aromatic heterocycles. The van der Waals surface area contributed by atoms with E-state index in [2.05, 4.69) is 15.4 Å². The van der Waals surface area contributed by atoms with Crippen LogP contribution in [-0.4, -0.2) is 25.2 Å². The quantitative estimate of drug-likeness (QED) is 0.580. The van der Waals surface area contributed by atoms with Crippen molar-refractivity contribution in [3.63, 3.8) is 0 Å². The monoisotopic (exact) mass is 391 g/mol. The second kappa shape index (κ2) is 7.31. The number of para-hydroxylation sites is 1. The summed E-state index contributed by atoms with van der Waals surface area (Å²) in [6.07, 6.45) is 1.25. The van der Waals surface area contributed by atoms with E-state index >= 15 is 0 Å². The summed E-state index contributed by atoms with van der Waals surface area (Å²) in [6, 6.07) is 13.3. The van der Waals surface area contributed by atoms with Gasteiger partial charge in [0.15, 0.2) is 0 Å². The van der Waals surface area contributed by atoms with Gasteiger partial charge in [0.2, 0.25) is 5.91 Å². The Hall–Kier alpha value is -3.81. The van der Waals surface area contributed by atoms with Crippen LogP contribution >= 0.6 is 0 Å². The predicted molar refractivity (Wildman–Crippen MR) is 108 cm³/mol. The van der Waals surface area contributed by atoms with Crippen molar-refractivity contribution in [2.24, 2.45) is 0 Å². The molecule has 0 atom stereocenters. The summed E-state index contributed by atoms with van der Waals surface area (Å²) >= 11 is 0. The highest BCUT2D eigenvalue weighted by atomic mass is 19.1. The lowest BCUT2D eigenvalue weighted by molar-refractivity contribution is -0.116. The molecule has 2 aromatic carbocycles. The Balaban J connectivity index is 1.59. The molecule has 7 nitrogen and oxygen atoms in total. The second-order valence-electron chi connectivity index (χ2n) is 6.68. The third-order valence-electron chi connectivity index (χ3n) is 4.66. The fourth-order valence-electron chi connectivity index (χ4n) is 3.22. The van der Waals surface area contributed by atoms with Crippen LogP contribution in [0.2, 0.25) is 0 Å². The number of hydrogen-bond donors (Lipinski definition) is 1. The molecule has 1 amide bonds. The summed E-state index contributed by atoms with van der Waals surface area (Å²) in [7, 11) is 0. The van der Waals surface area contributed by atoms with Gasteiger partial charge in [0.1, 0.15) is 12.4 Å². The number of halogens is 1. The molecule has 0 aliphatic rings. The summed E-state index contributed by atoms with van der Waals surface area (Å²) in [5, 5.41) is 7.58. The lowest BCUT2D eigenvalue weighted by Gasteiger charge is -2.09. The van der Waals surface area contributed by atoms with Crippen LogP contribution < -0.4 is 10.9 Å². The van der Waals surface area contributed by atoms with Gasteiger partial charge in [-0.2, -0.15) is 5.10 Å². The van der Waals surface area contributed by atoms with E-state index in [-0.39, 0.29) is 23.4 Å². The van der Waals surface area contributed by atoms with Crippen LogP contribution in [0.3, 0.4) is 0 Å². The largest absolute Gasteiger partial charge is 0.321 e. The molecule has 4 rings (SSSR count). The molecule has 146 valence electrons. The Kier molecular flexibility index (Phi) is 4.67. The second-order valence-corrected chi connectivity index (χ2v) is 6.68. The Labute approximate surface area is 165 Å². The number of nitrogens with one attached hydrogen (secondary N) is 1. The molecule has 0 spiro atoms. The number of fused-ring (bicyclic) bond motifs is 1. The summed E-state index contributed by atoms with van der Waals surface area (Å²) in [5.74, 6) is -0.851. The third-order valence-corrected chi connectivity index (χ3v) is 4.66. The first-order valence-electron chi connectivity index (χ1n) is 9.00. The summed E-state index contributed by atoms with van der Waals surface area (Å²) in [4.78, 5) is 29.2. The van der Waals surface area contributed by atoms with E-state index in [4.69, 9.17) is 0 Å². The number of rotatable bonds is 4. The van der Waals surface area contributed by atoms with Gasteiger partial charge in [0.25, 0.3) is 5.56 Å². The first-order chi connectivity index (χ1) is 13.9. The van der Waals surface area contributed by atoms with Gasteiger partial charge in [-0.25, -0.2) is 14.1 Å². The third kappa shape index (κ3) is 3.52. The molecule has 29 heavy (non-hydrogen) atoms. The van der Waals surface area contributed by atoms with Gasteiger partial charge in [-0.3, -0.25) is 14.2 Å². The van der Waals surface area contributed by atoms with Crippen molar-refractivity contribution in [3.05, 3.63) is 82.4 Å². The first kappa shape index (κ1) is 18.5. The van der Waals surface area contributed by atoms with Crippen LogP contribution in [0, 0.1) is 19.7 Å². The van der Waals surface area contributed by atoms with Gasteiger partial charge in [0, 0.05) is 6.07 Å². The molecule has 2 heterocycles. The van der Waals surface area contributed by atoms with Crippen molar-refractivity contribution < 1.29 is 9.18 Å². The molecule has 1 N–H and O–H groups in total. The minimum Gasteiger partial charge on any atom is -0.321 e. The number of anilines is 1. The van der Waals surface area contributed by atoms with Crippen molar-refractivity contribution in [1.29, 1.82) is 0 Å². The number of aryl methyl sites for hydroxylation is 1. The van der Waals surface area contributed by atoms with E-state index in [0.29, 0.717) is 11.4 Å². The highest BCUT2D eigenvalue weighted by molar-refractivity contribution is 5.92. The Morgan fingerprint density at radius 2 is 1.90 bits per heavy atom. The molecular weight excluding hydrogens is 373 g/mol. The van der Waals surface area contributed by atoms with Crippen LogP contribution in [0.1, 0.15) is 11.4 Å². The molecule has 0 aliphatic heterocycles. The molecular formula is C21H18FN5O2. The topological polar surface area (TPSA) is 81.8 Å². The van der Waals surface area contributed by atoms with E-state index in [0.717, 1.165) is 11.4 Å². The number of benzene rings is 2. The molecule has 0 unspecified atom stereocenters. The van der Waals surface area contributed by atoms with E-state index in [1.165, 1.54) is 29.1 Å². The van der Waals surface area contributed by atoms with Crippen molar-refractivity contribution in [2.75, 3.05) is 5.32 Å². The number of aromatic nitrogens is 4. The first-order valence-corrected chi connectivity index (χ1v) is 9.00. The zero-order valence-corrected chi connectivity index (χ0v) is 15.9. The van der Waals surface area contributed by atoms with E-state index in [1.807, 2.05) is 37.3 Å². The molecule has 0 bridgehead atoms. The molecule has 0 radical (unpaired) electrons. The molecule has 0 fully saturated rings. The van der Waals surface area contributed by atoms with E-state index < -0.39 is 11.4 Å². The van der Waals surface area contributed by atoms with Gasteiger partial charge in [-0.1, -0.05) is 18.2 Å². The zero-order chi connectivity index (χ0) is 20.5. The van der Waals surface area contributed by atoms with Crippen molar-refractivity contribution in [1.82, 2.24) is 19.3 Å².